The molecule has 1 fully saturated rings. The predicted octanol–water partition coefficient (Wildman–Crippen LogP) is 1.36. The topological polar surface area (TPSA) is 105 Å². The van der Waals surface area contributed by atoms with E-state index in [9.17, 15) is 14.7 Å². The zero-order valence-corrected chi connectivity index (χ0v) is 11.9. The van der Waals surface area contributed by atoms with E-state index in [-0.39, 0.29) is 18.2 Å². The van der Waals surface area contributed by atoms with Gasteiger partial charge in [-0.25, -0.2) is 4.79 Å². The number of aliphatic carboxylic acids is 1. The van der Waals surface area contributed by atoms with Gasteiger partial charge >= 0.3 is 5.97 Å². The van der Waals surface area contributed by atoms with Crippen molar-refractivity contribution in [2.45, 2.75) is 44.6 Å². The number of hydrogen-bond acceptors (Lipinski definition) is 4. The fraction of sp³-hybridized carbons (Fsp3) is 0.533. The number of nitrogen functional groups attached to an aromatic ring is 1. The highest BCUT2D eigenvalue weighted by atomic mass is 16.4. The van der Waals surface area contributed by atoms with Crippen molar-refractivity contribution in [3.8, 4) is 0 Å². The van der Waals surface area contributed by atoms with Gasteiger partial charge < -0.3 is 16.2 Å². The lowest BCUT2D eigenvalue weighted by atomic mass is 9.84. The molecule has 1 atom stereocenters. The molecule has 114 valence electrons. The van der Waals surface area contributed by atoms with Crippen LogP contribution in [0.3, 0.4) is 0 Å². The van der Waals surface area contributed by atoms with Crippen LogP contribution in [-0.2, 0) is 16.0 Å². The lowest BCUT2D eigenvalue weighted by molar-refractivity contribution is -0.143. The third kappa shape index (κ3) is 4.44. The molecule has 21 heavy (non-hydrogen) atoms. The van der Waals surface area contributed by atoms with Crippen LogP contribution in [-0.4, -0.2) is 28.0 Å². The summed E-state index contributed by atoms with van der Waals surface area (Å²) in [5, 5.41) is 12.0. The van der Waals surface area contributed by atoms with Crippen LogP contribution in [0.4, 0.5) is 5.69 Å². The van der Waals surface area contributed by atoms with Gasteiger partial charge in [-0.1, -0.05) is 19.3 Å². The first-order chi connectivity index (χ1) is 10.1. The summed E-state index contributed by atoms with van der Waals surface area (Å²) in [6.45, 7) is 0. The molecular weight excluding hydrogens is 270 g/mol. The molecule has 0 saturated heterocycles. The monoisotopic (exact) mass is 291 g/mol. The van der Waals surface area contributed by atoms with E-state index in [1.807, 2.05) is 0 Å². The molecule has 1 aromatic rings. The van der Waals surface area contributed by atoms with Crippen molar-refractivity contribution in [1.29, 1.82) is 0 Å². The van der Waals surface area contributed by atoms with Gasteiger partial charge in [0.1, 0.15) is 6.04 Å². The molecule has 0 spiro atoms. The minimum absolute atomic E-state index is 0.0274. The molecule has 0 radical (unpaired) electrons. The van der Waals surface area contributed by atoms with Crippen LogP contribution < -0.4 is 11.1 Å². The summed E-state index contributed by atoms with van der Waals surface area (Å²) in [5.74, 6) is -1.25. The standard InChI is InChI=1S/C15H21N3O3/c16-11-6-7-12(17-9-11)8-13(19)18-14(15(20)21)10-4-2-1-3-5-10/h6-7,9-10,14H,1-5,8,16H2,(H,18,19)(H,20,21). The largest absolute Gasteiger partial charge is 0.480 e. The molecule has 1 amide bonds. The van der Waals surface area contributed by atoms with Crippen molar-refractivity contribution in [2.24, 2.45) is 5.92 Å². The average molecular weight is 291 g/mol. The molecule has 0 aliphatic heterocycles. The second-order valence-electron chi connectivity index (χ2n) is 5.54. The van der Waals surface area contributed by atoms with Crippen molar-refractivity contribution in [3.63, 3.8) is 0 Å². The van der Waals surface area contributed by atoms with Crippen LogP contribution in [0.25, 0.3) is 0 Å². The molecule has 6 heteroatoms. The lowest BCUT2D eigenvalue weighted by Crippen LogP contribution is -2.47. The Bertz CT molecular complexity index is 495. The molecule has 4 N–H and O–H groups in total. The first-order valence-electron chi connectivity index (χ1n) is 7.29. The number of anilines is 1. The molecular formula is C15H21N3O3. The Kier molecular flexibility index (Phi) is 5.14. The number of nitrogens with one attached hydrogen (secondary N) is 1. The van der Waals surface area contributed by atoms with Gasteiger partial charge in [0, 0.05) is 5.69 Å². The summed E-state index contributed by atoms with van der Waals surface area (Å²) in [5.41, 5.74) is 6.65. The van der Waals surface area contributed by atoms with Gasteiger partial charge in [-0.3, -0.25) is 9.78 Å². The number of rotatable bonds is 5. The van der Waals surface area contributed by atoms with Crippen LogP contribution in [0.2, 0.25) is 0 Å². The number of pyridine rings is 1. The zero-order valence-electron chi connectivity index (χ0n) is 11.9. The smallest absolute Gasteiger partial charge is 0.326 e. The third-order valence-corrected chi connectivity index (χ3v) is 3.89. The van der Waals surface area contributed by atoms with Crippen LogP contribution in [0.15, 0.2) is 18.3 Å². The number of carboxylic acids is 1. The number of carboxylic acid groups (broad SMARTS) is 1. The Balaban J connectivity index is 1.94. The van der Waals surface area contributed by atoms with Crippen molar-refractivity contribution in [2.75, 3.05) is 5.73 Å². The summed E-state index contributed by atoms with van der Waals surface area (Å²) in [6, 6.07) is 2.54. The summed E-state index contributed by atoms with van der Waals surface area (Å²) in [6.07, 6.45) is 6.48. The Morgan fingerprint density at radius 3 is 2.62 bits per heavy atom. The normalized spacial score (nSPS) is 17.1. The molecule has 1 unspecified atom stereocenters. The number of hydrogen-bond donors (Lipinski definition) is 3. The zero-order chi connectivity index (χ0) is 15.2. The van der Waals surface area contributed by atoms with Crippen LogP contribution in [0.1, 0.15) is 37.8 Å². The number of carbonyl (C=O) groups excluding carboxylic acids is 1. The van der Waals surface area contributed by atoms with E-state index in [1.165, 1.54) is 6.20 Å². The number of nitrogens with two attached hydrogens (primary N) is 1. The number of nitrogens with zero attached hydrogens (tertiary/aromatic N) is 1. The number of aromatic nitrogens is 1. The molecule has 1 saturated carbocycles. The van der Waals surface area contributed by atoms with Crippen LogP contribution in [0.5, 0.6) is 0 Å². The van der Waals surface area contributed by atoms with E-state index in [0.29, 0.717) is 11.4 Å². The maximum absolute atomic E-state index is 12.0. The highest BCUT2D eigenvalue weighted by molar-refractivity contribution is 5.84. The van der Waals surface area contributed by atoms with E-state index in [4.69, 9.17) is 5.73 Å². The Morgan fingerprint density at radius 2 is 2.05 bits per heavy atom. The number of carbonyl (C=O) groups is 2. The van der Waals surface area contributed by atoms with Gasteiger partial charge in [0.15, 0.2) is 0 Å². The SMILES string of the molecule is Nc1ccc(CC(=O)NC(C(=O)O)C2CCCCC2)nc1. The summed E-state index contributed by atoms with van der Waals surface area (Å²) in [4.78, 5) is 27.4. The van der Waals surface area contributed by atoms with Crippen LogP contribution >= 0.6 is 0 Å². The van der Waals surface area contributed by atoms with E-state index < -0.39 is 12.0 Å². The molecule has 1 aliphatic rings. The minimum Gasteiger partial charge on any atom is -0.480 e. The molecule has 1 aromatic heterocycles. The predicted molar refractivity (Wildman–Crippen MR) is 78.5 cm³/mol. The third-order valence-electron chi connectivity index (χ3n) is 3.89. The van der Waals surface area contributed by atoms with E-state index in [1.54, 1.807) is 12.1 Å². The first kappa shape index (κ1) is 15.3. The van der Waals surface area contributed by atoms with E-state index >= 15 is 0 Å². The van der Waals surface area contributed by atoms with Gasteiger partial charge in [0.25, 0.3) is 0 Å². The summed E-state index contributed by atoms with van der Waals surface area (Å²) in [7, 11) is 0. The number of amides is 1. The quantitative estimate of drug-likeness (QED) is 0.759. The summed E-state index contributed by atoms with van der Waals surface area (Å²) >= 11 is 0. The van der Waals surface area contributed by atoms with Gasteiger partial charge in [0.2, 0.25) is 5.91 Å². The summed E-state index contributed by atoms with van der Waals surface area (Å²) < 4.78 is 0. The first-order valence-corrected chi connectivity index (χ1v) is 7.29. The van der Waals surface area contributed by atoms with Crippen LogP contribution in [0, 0.1) is 5.92 Å². The van der Waals surface area contributed by atoms with Gasteiger partial charge in [-0.15, -0.1) is 0 Å². The fourth-order valence-corrected chi connectivity index (χ4v) is 2.78. The fourth-order valence-electron chi connectivity index (χ4n) is 2.78. The van der Waals surface area contributed by atoms with Gasteiger partial charge in [-0.05, 0) is 30.9 Å². The van der Waals surface area contributed by atoms with Crippen molar-refractivity contribution >= 4 is 17.6 Å². The second kappa shape index (κ2) is 7.06. The maximum atomic E-state index is 12.0. The van der Waals surface area contributed by atoms with E-state index in [0.717, 1.165) is 32.1 Å². The average Bonchev–Trinajstić information content (AvgIpc) is 2.48. The maximum Gasteiger partial charge on any atom is 0.326 e. The molecule has 6 nitrogen and oxygen atoms in total. The molecule has 0 aromatic carbocycles. The van der Waals surface area contributed by atoms with Crippen molar-refractivity contribution < 1.29 is 14.7 Å². The minimum atomic E-state index is -0.958. The lowest BCUT2D eigenvalue weighted by Gasteiger charge is -2.28. The van der Waals surface area contributed by atoms with Gasteiger partial charge in [-0.2, -0.15) is 0 Å². The Hall–Kier alpha value is -2.11. The van der Waals surface area contributed by atoms with E-state index in [2.05, 4.69) is 10.3 Å². The Morgan fingerprint density at radius 1 is 1.33 bits per heavy atom. The van der Waals surface area contributed by atoms with Crippen molar-refractivity contribution in [3.05, 3.63) is 24.0 Å². The highest BCUT2D eigenvalue weighted by Crippen LogP contribution is 2.26. The molecule has 2 rings (SSSR count). The second-order valence-corrected chi connectivity index (χ2v) is 5.54. The molecule has 1 aliphatic carbocycles. The van der Waals surface area contributed by atoms with Gasteiger partial charge in [0.05, 0.1) is 18.3 Å². The molecule has 1 heterocycles. The Labute approximate surface area is 123 Å². The highest BCUT2D eigenvalue weighted by Gasteiger charge is 2.30. The molecule has 0 bridgehead atoms. The van der Waals surface area contributed by atoms with Crippen molar-refractivity contribution in [1.82, 2.24) is 10.3 Å².